The Morgan fingerprint density at radius 1 is 1.80 bits per heavy atom. The lowest BCUT2D eigenvalue weighted by Crippen LogP contribution is -2.10. The van der Waals surface area contributed by atoms with Crippen molar-refractivity contribution in [3.05, 3.63) is 0 Å². The van der Waals surface area contributed by atoms with Gasteiger partial charge in [-0.1, -0.05) is 6.92 Å². The highest BCUT2D eigenvalue weighted by molar-refractivity contribution is 5.56. The summed E-state index contributed by atoms with van der Waals surface area (Å²) < 4.78 is 15.8. The van der Waals surface area contributed by atoms with E-state index in [1.165, 1.54) is 0 Å². The molecule has 0 aliphatic carbocycles. The lowest BCUT2D eigenvalue weighted by molar-refractivity contribution is 0.0769. The van der Waals surface area contributed by atoms with Gasteiger partial charge in [-0.2, -0.15) is 0 Å². The first kappa shape index (κ1) is 9.20. The van der Waals surface area contributed by atoms with Gasteiger partial charge < -0.3 is 9.84 Å². The summed E-state index contributed by atoms with van der Waals surface area (Å²) in [7, 11) is 0. The van der Waals surface area contributed by atoms with Crippen LogP contribution in [0, 0.1) is 5.92 Å². The van der Waals surface area contributed by atoms with Gasteiger partial charge in [0.1, 0.15) is 0 Å². The summed E-state index contributed by atoms with van der Waals surface area (Å²) in [4.78, 5) is 9.79. The molecule has 0 heterocycles. The van der Waals surface area contributed by atoms with Crippen molar-refractivity contribution in [2.24, 2.45) is 5.92 Å². The van der Waals surface area contributed by atoms with Crippen LogP contribution in [0.15, 0.2) is 0 Å². The normalized spacial score (nSPS) is 12.6. The van der Waals surface area contributed by atoms with Gasteiger partial charge in [-0.05, 0) is 12.3 Å². The Kier molecular flexibility index (Phi) is 4.62. The van der Waals surface area contributed by atoms with Gasteiger partial charge in [0.2, 0.25) is 0 Å². The fraction of sp³-hybridized carbons (Fsp3) is 0.833. The predicted octanol–water partition coefficient (Wildman–Crippen LogP) is 1.68. The fourth-order valence-corrected chi connectivity index (χ4v) is 0.483. The van der Waals surface area contributed by atoms with Crippen LogP contribution in [0.5, 0.6) is 0 Å². The molecule has 0 aromatic heterocycles. The van der Waals surface area contributed by atoms with E-state index in [1.807, 2.05) is 0 Å². The zero-order valence-corrected chi connectivity index (χ0v) is 5.84. The van der Waals surface area contributed by atoms with Crippen LogP contribution in [0.1, 0.15) is 13.3 Å². The topological polar surface area (TPSA) is 46.5 Å². The summed E-state index contributed by atoms with van der Waals surface area (Å²) >= 11 is 0. The number of carbonyl (C=O) groups is 1. The average molecular weight is 150 g/mol. The average Bonchev–Trinajstić information content (AvgIpc) is 1.85. The Hall–Kier alpha value is -0.800. The van der Waals surface area contributed by atoms with Gasteiger partial charge in [-0.3, -0.25) is 4.39 Å². The number of hydrogen-bond acceptors (Lipinski definition) is 2. The zero-order chi connectivity index (χ0) is 7.98. The van der Waals surface area contributed by atoms with E-state index in [9.17, 15) is 9.18 Å². The van der Waals surface area contributed by atoms with Gasteiger partial charge >= 0.3 is 6.16 Å². The molecule has 0 saturated heterocycles. The van der Waals surface area contributed by atoms with Crippen LogP contribution >= 0.6 is 0 Å². The second-order valence-corrected chi connectivity index (χ2v) is 2.16. The van der Waals surface area contributed by atoms with Crippen molar-refractivity contribution in [2.45, 2.75) is 13.3 Å². The quantitative estimate of drug-likeness (QED) is 0.620. The number of halogens is 1. The number of alkyl halides is 1. The van der Waals surface area contributed by atoms with Crippen molar-refractivity contribution in [1.29, 1.82) is 0 Å². The first-order valence-electron chi connectivity index (χ1n) is 3.08. The van der Waals surface area contributed by atoms with Crippen LogP contribution in [0.25, 0.3) is 0 Å². The molecule has 0 radical (unpaired) electrons. The minimum Gasteiger partial charge on any atom is -0.450 e. The molecule has 0 aliphatic rings. The van der Waals surface area contributed by atoms with Crippen molar-refractivity contribution < 1.29 is 19.0 Å². The molecule has 1 atom stereocenters. The maximum absolute atomic E-state index is 11.6. The summed E-state index contributed by atoms with van der Waals surface area (Å²) in [6.07, 6.45) is -0.946. The largest absolute Gasteiger partial charge is 0.505 e. The second kappa shape index (κ2) is 5.02. The monoisotopic (exact) mass is 150 g/mol. The Labute approximate surface area is 58.8 Å². The lowest BCUT2D eigenvalue weighted by atomic mass is 10.1. The molecule has 4 heteroatoms. The Balaban J connectivity index is 3.21. The van der Waals surface area contributed by atoms with Crippen LogP contribution in [-0.2, 0) is 4.74 Å². The highest BCUT2D eigenvalue weighted by Crippen LogP contribution is 2.01. The highest BCUT2D eigenvalue weighted by Gasteiger charge is 2.04. The highest BCUT2D eigenvalue weighted by atomic mass is 19.1. The first-order chi connectivity index (χ1) is 4.66. The molecule has 0 aromatic carbocycles. The molecule has 0 fully saturated rings. The lowest BCUT2D eigenvalue weighted by Gasteiger charge is -2.06. The summed E-state index contributed by atoms with van der Waals surface area (Å²) in [5.41, 5.74) is 0. The zero-order valence-electron chi connectivity index (χ0n) is 5.84. The third-order valence-corrected chi connectivity index (χ3v) is 1.09. The van der Waals surface area contributed by atoms with Crippen molar-refractivity contribution in [2.75, 3.05) is 13.3 Å². The van der Waals surface area contributed by atoms with Crippen molar-refractivity contribution >= 4 is 6.16 Å². The van der Waals surface area contributed by atoms with E-state index in [1.54, 1.807) is 6.92 Å². The van der Waals surface area contributed by atoms with E-state index in [-0.39, 0.29) is 12.5 Å². The molecular weight excluding hydrogens is 139 g/mol. The summed E-state index contributed by atoms with van der Waals surface area (Å²) in [5, 5.41) is 8.01. The molecule has 0 saturated carbocycles. The van der Waals surface area contributed by atoms with E-state index in [4.69, 9.17) is 5.11 Å². The predicted molar refractivity (Wildman–Crippen MR) is 33.7 cm³/mol. The van der Waals surface area contributed by atoms with E-state index in [2.05, 4.69) is 4.74 Å². The van der Waals surface area contributed by atoms with Gasteiger partial charge in [-0.15, -0.1) is 0 Å². The van der Waals surface area contributed by atoms with E-state index >= 15 is 0 Å². The molecule has 0 rings (SSSR count). The summed E-state index contributed by atoms with van der Waals surface area (Å²) in [5.74, 6) is -0.0268. The Morgan fingerprint density at radius 3 is 2.80 bits per heavy atom. The van der Waals surface area contributed by atoms with Crippen LogP contribution < -0.4 is 0 Å². The maximum Gasteiger partial charge on any atom is 0.505 e. The molecule has 3 nitrogen and oxygen atoms in total. The molecule has 0 aromatic rings. The molecule has 1 N–H and O–H groups in total. The van der Waals surface area contributed by atoms with Crippen molar-refractivity contribution in [3.63, 3.8) is 0 Å². The molecule has 0 amide bonds. The number of carboxylic acid groups (broad SMARTS) is 1. The summed E-state index contributed by atoms with van der Waals surface area (Å²) in [6, 6.07) is 0. The minimum atomic E-state index is -1.30. The fourth-order valence-electron chi connectivity index (χ4n) is 0.483. The molecule has 0 aliphatic heterocycles. The van der Waals surface area contributed by atoms with E-state index in [0.29, 0.717) is 6.42 Å². The van der Waals surface area contributed by atoms with E-state index < -0.39 is 12.8 Å². The third-order valence-electron chi connectivity index (χ3n) is 1.09. The van der Waals surface area contributed by atoms with Gasteiger partial charge in [-0.25, -0.2) is 4.79 Å². The van der Waals surface area contributed by atoms with Crippen LogP contribution in [0.3, 0.4) is 0 Å². The minimum absolute atomic E-state index is 0.0268. The number of ether oxygens (including phenoxy) is 1. The standard InChI is InChI=1S/C6H11FO3/c1-5(2-3-7)4-10-6(8)9/h5H,2-4H2,1H3,(H,8,9). The third kappa shape index (κ3) is 5.34. The smallest absolute Gasteiger partial charge is 0.450 e. The van der Waals surface area contributed by atoms with Crippen molar-refractivity contribution in [1.82, 2.24) is 0 Å². The SMILES string of the molecule is CC(CCF)COC(=O)O. The van der Waals surface area contributed by atoms with Crippen LogP contribution in [0.2, 0.25) is 0 Å². The molecular formula is C6H11FO3. The first-order valence-corrected chi connectivity index (χ1v) is 3.08. The number of rotatable bonds is 4. The summed E-state index contributed by atoms with van der Waals surface area (Å²) in [6.45, 7) is 1.39. The molecule has 0 spiro atoms. The van der Waals surface area contributed by atoms with Gasteiger partial charge in [0, 0.05) is 0 Å². The number of hydrogen-bond donors (Lipinski definition) is 1. The molecule has 0 bridgehead atoms. The Bertz CT molecular complexity index is 105. The van der Waals surface area contributed by atoms with E-state index in [0.717, 1.165) is 0 Å². The molecule has 60 valence electrons. The van der Waals surface area contributed by atoms with Crippen molar-refractivity contribution in [3.8, 4) is 0 Å². The molecule has 10 heavy (non-hydrogen) atoms. The Morgan fingerprint density at radius 2 is 2.40 bits per heavy atom. The van der Waals surface area contributed by atoms with Crippen LogP contribution in [0.4, 0.5) is 9.18 Å². The van der Waals surface area contributed by atoms with Gasteiger partial charge in [0.05, 0.1) is 13.3 Å². The van der Waals surface area contributed by atoms with Gasteiger partial charge in [0.15, 0.2) is 0 Å². The molecule has 1 unspecified atom stereocenters. The van der Waals surface area contributed by atoms with Crippen LogP contribution in [-0.4, -0.2) is 24.5 Å². The van der Waals surface area contributed by atoms with Gasteiger partial charge in [0.25, 0.3) is 0 Å². The second-order valence-electron chi connectivity index (χ2n) is 2.16. The maximum atomic E-state index is 11.6.